The van der Waals surface area contributed by atoms with Crippen LogP contribution in [0.5, 0.6) is 11.8 Å². The lowest BCUT2D eigenvalue weighted by atomic mass is 10.2. The summed E-state index contributed by atoms with van der Waals surface area (Å²) in [6.07, 6.45) is 5.71. The molecule has 1 aliphatic rings. The molecule has 1 aliphatic heterocycles. The van der Waals surface area contributed by atoms with Gasteiger partial charge in [-0.2, -0.15) is 0 Å². The summed E-state index contributed by atoms with van der Waals surface area (Å²) >= 11 is 0. The summed E-state index contributed by atoms with van der Waals surface area (Å²) < 4.78 is 10.3. The second-order valence-electron chi connectivity index (χ2n) is 5.38. The molecular formula is C16H19N5O3. The lowest BCUT2D eigenvalue weighted by molar-refractivity contribution is 0.0932. The Labute approximate surface area is 139 Å². The van der Waals surface area contributed by atoms with E-state index in [9.17, 15) is 4.79 Å². The summed E-state index contributed by atoms with van der Waals surface area (Å²) in [5, 5.41) is 3.00. The van der Waals surface area contributed by atoms with E-state index < -0.39 is 0 Å². The maximum Gasteiger partial charge on any atom is 0.262 e. The number of nitrogens with zero attached hydrogens (tertiary/aromatic N) is 4. The second-order valence-corrected chi connectivity index (χ2v) is 5.38. The number of methoxy groups -OCH3 is 2. The lowest BCUT2D eigenvalue weighted by Crippen LogP contribution is -2.37. The zero-order chi connectivity index (χ0) is 16.9. The first kappa shape index (κ1) is 16.0. The third-order valence-corrected chi connectivity index (χ3v) is 3.93. The molecule has 3 heterocycles. The molecule has 1 fully saturated rings. The number of hydrogen-bond acceptors (Lipinski definition) is 7. The lowest BCUT2D eigenvalue weighted by Gasteiger charge is -2.19. The highest BCUT2D eigenvalue weighted by atomic mass is 16.5. The van der Waals surface area contributed by atoms with Crippen molar-refractivity contribution in [3.8, 4) is 11.8 Å². The molecule has 24 heavy (non-hydrogen) atoms. The molecule has 0 radical (unpaired) electrons. The first-order chi connectivity index (χ1) is 11.7. The van der Waals surface area contributed by atoms with Crippen LogP contribution in [0.1, 0.15) is 16.8 Å². The standard InChI is InChI=1S/C16H19N5O3/c1-23-15-13(16(24-2)19-10-18-15)14(22)20-11-5-7-21(9-11)12-4-3-6-17-8-12/h3-4,6,8,10-11H,5,7,9H2,1-2H3,(H,20,22). The van der Waals surface area contributed by atoms with Crippen LogP contribution in [0.4, 0.5) is 5.69 Å². The Morgan fingerprint density at radius 3 is 2.67 bits per heavy atom. The fourth-order valence-electron chi connectivity index (χ4n) is 2.77. The van der Waals surface area contributed by atoms with Crippen molar-refractivity contribution in [1.82, 2.24) is 20.3 Å². The maximum absolute atomic E-state index is 12.6. The Morgan fingerprint density at radius 1 is 1.29 bits per heavy atom. The molecule has 0 saturated carbocycles. The van der Waals surface area contributed by atoms with E-state index >= 15 is 0 Å². The largest absolute Gasteiger partial charge is 0.480 e. The van der Waals surface area contributed by atoms with Gasteiger partial charge in [0.15, 0.2) is 5.56 Å². The monoisotopic (exact) mass is 329 g/mol. The van der Waals surface area contributed by atoms with Gasteiger partial charge in [0.05, 0.1) is 26.1 Å². The Bertz CT molecular complexity index is 688. The van der Waals surface area contributed by atoms with E-state index in [0.717, 1.165) is 25.2 Å². The van der Waals surface area contributed by atoms with Crippen LogP contribution >= 0.6 is 0 Å². The van der Waals surface area contributed by atoms with Crippen LogP contribution in [0.3, 0.4) is 0 Å². The van der Waals surface area contributed by atoms with Gasteiger partial charge in [0.25, 0.3) is 5.91 Å². The highest BCUT2D eigenvalue weighted by molar-refractivity contribution is 5.98. The number of amides is 1. The van der Waals surface area contributed by atoms with Gasteiger partial charge < -0.3 is 19.7 Å². The predicted molar refractivity (Wildman–Crippen MR) is 87.5 cm³/mol. The van der Waals surface area contributed by atoms with E-state index in [-0.39, 0.29) is 29.3 Å². The number of carbonyl (C=O) groups is 1. The average molecular weight is 329 g/mol. The third-order valence-electron chi connectivity index (χ3n) is 3.93. The molecule has 2 aromatic heterocycles. The molecule has 1 atom stereocenters. The molecule has 8 nitrogen and oxygen atoms in total. The van der Waals surface area contributed by atoms with Crippen molar-refractivity contribution in [2.24, 2.45) is 0 Å². The Morgan fingerprint density at radius 2 is 2.04 bits per heavy atom. The van der Waals surface area contributed by atoms with Crippen molar-refractivity contribution in [3.63, 3.8) is 0 Å². The number of rotatable bonds is 5. The molecule has 1 N–H and O–H groups in total. The Hall–Kier alpha value is -2.90. The van der Waals surface area contributed by atoms with Crippen molar-refractivity contribution in [1.29, 1.82) is 0 Å². The third kappa shape index (κ3) is 3.22. The van der Waals surface area contributed by atoms with Crippen LogP contribution in [-0.4, -0.2) is 54.2 Å². The van der Waals surface area contributed by atoms with Crippen molar-refractivity contribution in [2.45, 2.75) is 12.5 Å². The molecule has 3 rings (SSSR count). The highest BCUT2D eigenvalue weighted by Crippen LogP contribution is 2.24. The molecule has 0 spiro atoms. The molecule has 0 bridgehead atoms. The number of hydrogen-bond donors (Lipinski definition) is 1. The molecule has 8 heteroatoms. The summed E-state index contributed by atoms with van der Waals surface area (Å²) in [6.45, 7) is 1.58. The van der Waals surface area contributed by atoms with E-state index in [4.69, 9.17) is 9.47 Å². The van der Waals surface area contributed by atoms with Gasteiger partial charge in [-0.05, 0) is 18.6 Å². The number of carbonyl (C=O) groups excluding carboxylic acids is 1. The molecule has 126 valence electrons. The van der Waals surface area contributed by atoms with Crippen molar-refractivity contribution < 1.29 is 14.3 Å². The van der Waals surface area contributed by atoms with Crippen LogP contribution in [0.25, 0.3) is 0 Å². The zero-order valence-electron chi connectivity index (χ0n) is 13.6. The average Bonchev–Trinajstić information content (AvgIpc) is 3.10. The van der Waals surface area contributed by atoms with Crippen molar-refractivity contribution >= 4 is 11.6 Å². The molecule has 0 aromatic carbocycles. The van der Waals surface area contributed by atoms with Crippen LogP contribution in [-0.2, 0) is 0 Å². The van der Waals surface area contributed by atoms with E-state index in [1.807, 2.05) is 18.3 Å². The minimum absolute atomic E-state index is 0.0207. The first-order valence-electron chi connectivity index (χ1n) is 7.61. The predicted octanol–water partition coefficient (Wildman–Crippen LogP) is 0.897. The number of anilines is 1. The van der Waals surface area contributed by atoms with Gasteiger partial charge in [-0.1, -0.05) is 0 Å². The highest BCUT2D eigenvalue weighted by Gasteiger charge is 2.28. The number of ether oxygens (including phenoxy) is 2. The number of aromatic nitrogens is 3. The van der Waals surface area contributed by atoms with E-state index in [0.29, 0.717) is 0 Å². The summed E-state index contributed by atoms with van der Waals surface area (Å²) in [5.41, 5.74) is 1.26. The van der Waals surface area contributed by atoms with Gasteiger partial charge in [-0.3, -0.25) is 9.78 Å². The van der Waals surface area contributed by atoms with Gasteiger partial charge in [0.1, 0.15) is 6.33 Å². The van der Waals surface area contributed by atoms with Crippen LogP contribution in [0, 0.1) is 0 Å². The van der Waals surface area contributed by atoms with Crippen LogP contribution in [0.15, 0.2) is 30.9 Å². The SMILES string of the molecule is COc1ncnc(OC)c1C(=O)NC1CCN(c2cccnc2)C1. The molecular weight excluding hydrogens is 310 g/mol. The first-order valence-corrected chi connectivity index (χ1v) is 7.61. The molecule has 1 amide bonds. The van der Waals surface area contributed by atoms with E-state index in [2.05, 4.69) is 25.2 Å². The second kappa shape index (κ2) is 7.12. The minimum Gasteiger partial charge on any atom is -0.480 e. The molecule has 1 unspecified atom stereocenters. The smallest absolute Gasteiger partial charge is 0.262 e. The van der Waals surface area contributed by atoms with Gasteiger partial charge >= 0.3 is 0 Å². The fraction of sp³-hybridized carbons (Fsp3) is 0.375. The quantitative estimate of drug-likeness (QED) is 0.871. The van der Waals surface area contributed by atoms with Crippen molar-refractivity contribution in [2.75, 3.05) is 32.2 Å². The number of nitrogens with one attached hydrogen (secondary N) is 1. The summed E-state index contributed by atoms with van der Waals surface area (Å²) in [5.74, 6) is 0.0882. The Kier molecular flexibility index (Phi) is 4.74. The summed E-state index contributed by atoms with van der Waals surface area (Å²) in [6, 6.07) is 3.93. The maximum atomic E-state index is 12.6. The number of pyridine rings is 1. The van der Waals surface area contributed by atoms with Crippen LogP contribution in [0.2, 0.25) is 0 Å². The molecule has 2 aromatic rings. The van der Waals surface area contributed by atoms with E-state index in [1.165, 1.54) is 20.5 Å². The van der Waals surface area contributed by atoms with Gasteiger partial charge in [0, 0.05) is 25.3 Å². The fourth-order valence-corrected chi connectivity index (χ4v) is 2.77. The Balaban J connectivity index is 1.70. The topological polar surface area (TPSA) is 89.5 Å². The zero-order valence-corrected chi connectivity index (χ0v) is 13.6. The van der Waals surface area contributed by atoms with Gasteiger partial charge in [0.2, 0.25) is 11.8 Å². The minimum atomic E-state index is -0.303. The van der Waals surface area contributed by atoms with Gasteiger partial charge in [-0.15, -0.1) is 0 Å². The summed E-state index contributed by atoms with van der Waals surface area (Å²) in [4.78, 5) is 26.9. The molecule has 1 saturated heterocycles. The van der Waals surface area contributed by atoms with Crippen LogP contribution < -0.4 is 19.7 Å². The normalized spacial score (nSPS) is 16.8. The van der Waals surface area contributed by atoms with Crippen molar-refractivity contribution in [3.05, 3.63) is 36.4 Å². The van der Waals surface area contributed by atoms with E-state index in [1.54, 1.807) is 6.20 Å². The van der Waals surface area contributed by atoms with Gasteiger partial charge in [-0.25, -0.2) is 9.97 Å². The molecule has 0 aliphatic carbocycles. The summed E-state index contributed by atoms with van der Waals surface area (Å²) in [7, 11) is 2.91.